The lowest BCUT2D eigenvalue weighted by Gasteiger charge is -2.34. The highest BCUT2D eigenvalue weighted by Gasteiger charge is 2.30. The Balaban J connectivity index is 2.04. The van der Waals surface area contributed by atoms with Crippen molar-refractivity contribution in [3.05, 3.63) is 29.8 Å². The third kappa shape index (κ3) is 4.14. The van der Waals surface area contributed by atoms with Crippen LogP contribution in [0.5, 0.6) is 5.75 Å². The summed E-state index contributed by atoms with van der Waals surface area (Å²) in [6.07, 6.45) is 1.16. The van der Waals surface area contributed by atoms with Crippen molar-refractivity contribution in [2.24, 2.45) is 0 Å². The van der Waals surface area contributed by atoms with Crippen LogP contribution < -0.4 is 10.1 Å². The summed E-state index contributed by atoms with van der Waals surface area (Å²) in [5.41, 5.74) is 1.31. The minimum atomic E-state index is 0.409. The molecule has 3 nitrogen and oxygen atoms in total. The molecule has 0 bridgehead atoms. The Morgan fingerprint density at radius 1 is 1.35 bits per heavy atom. The van der Waals surface area contributed by atoms with Crippen LogP contribution in [0.4, 0.5) is 0 Å². The van der Waals surface area contributed by atoms with Crippen LogP contribution >= 0.6 is 11.8 Å². The van der Waals surface area contributed by atoms with Gasteiger partial charge in [0.2, 0.25) is 0 Å². The summed E-state index contributed by atoms with van der Waals surface area (Å²) < 4.78 is 5.93. The summed E-state index contributed by atoms with van der Waals surface area (Å²) in [6, 6.07) is 8.84. The lowest BCUT2D eigenvalue weighted by atomic mass is 10.00. The van der Waals surface area contributed by atoms with Crippen molar-refractivity contribution >= 4 is 11.8 Å². The van der Waals surface area contributed by atoms with E-state index in [0.717, 1.165) is 37.6 Å². The van der Waals surface area contributed by atoms with E-state index in [2.05, 4.69) is 55.5 Å². The number of hydrogen-bond acceptors (Lipinski definition) is 4. The molecule has 0 aliphatic carbocycles. The molecule has 2 unspecified atom stereocenters. The Morgan fingerprint density at radius 2 is 2.15 bits per heavy atom. The van der Waals surface area contributed by atoms with Gasteiger partial charge < -0.3 is 15.0 Å². The summed E-state index contributed by atoms with van der Waals surface area (Å²) in [5.74, 6) is 2.19. The Hall–Kier alpha value is -0.710. The number of thioether (sulfide) groups is 1. The van der Waals surface area contributed by atoms with Gasteiger partial charge in [0, 0.05) is 17.9 Å². The van der Waals surface area contributed by atoms with E-state index in [-0.39, 0.29) is 0 Å². The normalized spacial score (nSPS) is 21.6. The number of ether oxygens (including phenoxy) is 1. The SMILES string of the molecule is CCCNC1c2ccccc2OCC1SCCN(C)C. The quantitative estimate of drug-likeness (QED) is 0.836. The molecule has 1 N–H and O–H groups in total. The summed E-state index contributed by atoms with van der Waals surface area (Å²) >= 11 is 2.02. The predicted molar refractivity (Wildman–Crippen MR) is 87.8 cm³/mol. The molecule has 112 valence electrons. The highest BCUT2D eigenvalue weighted by Crippen LogP contribution is 2.37. The van der Waals surface area contributed by atoms with E-state index < -0.39 is 0 Å². The van der Waals surface area contributed by atoms with E-state index in [9.17, 15) is 0 Å². The maximum Gasteiger partial charge on any atom is 0.124 e. The molecule has 1 aliphatic rings. The van der Waals surface area contributed by atoms with Crippen molar-refractivity contribution in [1.82, 2.24) is 10.2 Å². The molecule has 0 saturated carbocycles. The number of hydrogen-bond donors (Lipinski definition) is 1. The number of para-hydroxylation sites is 1. The number of nitrogens with zero attached hydrogens (tertiary/aromatic N) is 1. The largest absolute Gasteiger partial charge is 0.492 e. The fourth-order valence-electron chi connectivity index (χ4n) is 2.41. The van der Waals surface area contributed by atoms with Gasteiger partial charge in [0.15, 0.2) is 0 Å². The lowest BCUT2D eigenvalue weighted by molar-refractivity contribution is 0.260. The summed E-state index contributed by atoms with van der Waals surface area (Å²) in [6.45, 7) is 5.19. The zero-order valence-electron chi connectivity index (χ0n) is 12.8. The topological polar surface area (TPSA) is 24.5 Å². The van der Waals surface area contributed by atoms with Crippen molar-refractivity contribution in [3.63, 3.8) is 0 Å². The molecule has 0 fully saturated rings. The first-order chi connectivity index (χ1) is 9.72. The molecule has 1 heterocycles. The molecule has 1 aromatic carbocycles. The van der Waals surface area contributed by atoms with Crippen LogP contribution in [-0.4, -0.2) is 49.7 Å². The molecule has 0 radical (unpaired) electrons. The van der Waals surface area contributed by atoms with Gasteiger partial charge in [-0.05, 0) is 33.1 Å². The van der Waals surface area contributed by atoms with Crippen molar-refractivity contribution in [1.29, 1.82) is 0 Å². The fraction of sp³-hybridized carbons (Fsp3) is 0.625. The van der Waals surface area contributed by atoms with E-state index >= 15 is 0 Å². The Bertz CT molecular complexity index is 411. The van der Waals surface area contributed by atoms with Gasteiger partial charge in [-0.1, -0.05) is 25.1 Å². The molecule has 0 spiro atoms. The first-order valence-corrected chi connectivity index (χ1v) is 8.48. The highest BCUT2D eigenvalue weighted by molar-refractivity contribution is 8.00. The van der Waals surface area contributed by atoms with Crippen molar-refractivity contribution in [2.45, 2.75) is 24.6 Å². The minimum absolute atomic E-state index is 0.409. The second kappa shape index (κ2) is 7.91. The van der Waals surface area contributed by atoms with Crippen molar-refractivity contribution < 1.29 is 4.74 Å². The zero-order chi connectivity index (χ0) is 14.4. The molecule has 2 atom stereocenters. The van der Waals surface area contributed by atoms with Crippen LogP contribution in [0, 0.1) is 0 Å². The second-order valence-electron chi connectivity index (χ2n) is 5.49. The van der Waals surface area contributed by atoms with Gasteiger partial charge in [-0.3, -0.25) is 0 Å². The fourth-order valence-corrected chi connectivity index (χ4v) is 3.78. The molecular weight excluding hydrogens is 268 g/mol. The smallest absolute Gasteiger partial charge is 0.124 e. The van der Waals surface area contributed by atoms with Gasteiger partial charge in [0.1, 0.15) is 12.4 Å². The number of nitrogens with one attached hydrogen (secondary N) is 1. The van der Waals surface area contributed by atoms with Crippen LogP contribution in [0.3, 0.4) is 0 Å². The summed E-state index contributed by atoms with van der Waals surface area (Å²) in [5, 5.41) is 4.20. The predicted octanol–water partition coefficient (Wildman–Crippen LogP) is 2.78. The minimum Gasteiger partial charge on any atom is -0.492 e. The van der Waals surface area contributed by atoms with E-state index in [0.29, 0.717) is 11.3 Å². The van der Waals surface area contributed by atoms with Crippen molar-refractivity contribution in [2.75, 3.05) is 39.5 Å². The van der Waals surface area contributed by atoms with Gasteiger partial charge in [0.05, 0.1) is 11.3 Å². The van der Waals surface area contributed by atoms with Crippen LogP contribution in [0.2, 0.25) is 0 Å². The maximum absolute atomic E-state index is 5.93. The van der Waals surface area contributed by atoms with Gasteiger partial charge >= 0.3 is 0 Å². The average Bonchev–Trinajstić information content (AvgIpc) is 2.45. The molecule has 2 rings (SSSR count). The number of rotatable bonds is 7. The molecule has 1 aliphatic heterocycles. The molecule has 0 amide bonds. The highest BCUT2D eigenvalue weighted by atomic mass is 32.2. The molecule has 0 saturated heterocycles. The van der Waals surface area contributed by atoms with Crippen LogP contribution in [0.1, 0.15) is 24.9 Å². The summed E-state index contributed by atoms with van der Waals surface area (Å²) in [4.78, 5) is 2.24. The molecular formula is C16H26N2OS. The van der Waals surface area contributed by atoms with E-state index in [4.69, 9.17) is 4.74 Å². The third-order valence-electron chi connectivity index (χ3n) is 3.51. The van der Waals surface area contributed by atoms with Gasteiger partial charge in [-0.15, -0.1) is 0 Å². The Labute approximate surface area is 127 Å². The average molecular weight is 294 g/mol. The molecule has 4 heteroatoms. The van der Waals surface area contributed by atoms with Crippen molar-refractivity contribution in [3.8, 4) is 5.75 Å². The molecule has 0 aromatic heterocycles. The summed E-state index contributed by atoms with van der Waals surface area (Å²) in [7, 11) is 4.25. The third-order valence-corrected chi connectivity index (χ3v) is 4.77. The van der Waals surface area contributed by atoms with Gasteiger partial charge in [-0.25, -0.2) is 0 Å². The van der Waals surface area contributed by atoms with Crippen LogP contribution in [0.25, 0.3) is 0 Å². The van der Waals surface area contributed by atoms with E-state index in [1.807, 2.05) is 11.8 Å². The monoisotopic (exact) mass is 294 g/mol. The standard InChI is InChI=1S/C16H26N2OS/c1-4-9-17-16-13-7-5-6-8-14(13)19-12-15(16)20-11-10-18(2)3/h5-8,15-17H,4,9-12H2,1-3H3. The molecule has 1 aromatic rings. The van der Waals surface area contributed by atoms with Gasteiger partial charge in [0.25, 0.3) is 0 Å². The first kappa shape index (κ1) is 15.7. The maximum atomic E-state index is 5.93. The lowest BCUT2D eigenvalue weighted by Crippen LogP contribution is -2.38. The number of fused-ring (bicyclic) bond motifs is 1. The van der Waals surface area contributed by atoms with Crippen LogP contribution in [-0.2, 0) is 0 Å². The van der Waals surface area contributed by atoms with E-state index in [1.165, 1.54) is 5.56 Å². The second-order valence-corrected chi connectivity index (χ2v) is 6.84. The zero-order valence-corrected chi connectivity index (χ0v) is 13.6. The first-order valence-electron chi connectivity index (χ1n) is 7.43. The van der Waals surface area contributed by atoms with Gasteiger partial charge in [-0.2, -0.15) is 11.8 Å². The van der Waals surface area contributed by atoms with E-state index in [1.54, 1.807) is 0 Å². The Kier molecular flexibility index (Phi) is 6.20. The number of benzene rings is 1. The van der Waals surface area contributed by atoms with Crippen LogP contribution in [0.15, 0.2) is 24.3 Å². The molecule has 20 heavy (non-hydrogen) atoms. The Morgan fingerprint density at radius 3 is 2.90 bits per heavy atom.